The molecule has 1 aromatic rings. The van der Waals surface area contributed by atoms with E-state index in [-0.39, 0.29) is 13.2 Å². The van der Waals surface area contributed by atoms with Gasteiger partial charge in [-0.05, 0) is 19.1 Å². The highest BCUT2D eigenvalue weighted by Crippen LogP contribution is 2.27. The predicted molar refractivity (Wildman–Crippen MR) is 65.0 cm³/mol. The fourth-order valence-corrected chi connectivity index (χ4v) is 1.60. The van der Waals surface area contributed by atoms with Crippen LogP contribution in [0.4, 0.5) is 9.18 Å². The summed E-state index contributed by atoms with van der Waals surface area (Å²) in [5.41, 5.74) is 0.291. The Morgan fingerprint density at radius 1 is 1.56 bits per heavy atom. The molecule has 1 rings (SSSR count). The van der Waals surface area contributed by atoms with Gasteiger partial charge in [0.15, 0.2) is 0 Å². The lowest BCUT2D eigenvalue weighted by atomic mass is 10.1. The van der Waals surface area contributed by atoms with Gasteiger partial charge in [-0.1, -0.05) is 6.07 Å². The zero-order valence-corrected chi connectivity index (χ0v) is 10.4. The van der Waals surface area contributed by atoms with E-state index in [2.05, 4.69) is 10.6 Å². The normalized spacial score (nSPS) is 11.8. The zero-order valence-electron chi connectivity index (χ0n) is 10.4. The third-order valence-corrected chi connectivity index (χ3v) is 2.41. The summed E-state index contributed by atoms with van der Waals surface area (Å²) >= 11 is 0. The molecule has 1 aromatic carbocycles. The molecule has 0 aliphatic carbocycles. The standard InChI is InChI=1S/C12H17FN2O3/c1-8(15-12(17)14-6-7-16)11-9(13)4-3-5-10(11)18-2/h3-5,8,16H,6-7H2,1-2H3,(H2,14,15,17). The van der Waals surface area contributed by atoms with E-state index < -0.39 is 17.9 Å². The molecule has 2 amide bonds. The van der Waals surface area contributed by atoms with Crippen LogP contribution in [-0.4, -0.2) is 31.4 Å². The SMILES string of the molecule is COc1cccc(F)c1C(C)NC(=O)NCCO. The van der Waals surface area contributed by atoms with Crippen LogP contribution in [0.3, 0.4) is 0 Å². The quantitative estimate of drug-likeness (QED) is 0.741. The van der Waals surface area contributed by atoms with Gasteiger partial charge in [0.1, 0.15) is 11.6 Å². The number of methoxy groups -OCH3 is 1. The molecule has 0 radical (unpaired) electrons. The molecule has 1 unspecified atom stereocenters. The smallest absolute Gasteiger partial charge is 0.315 e. The highest BCUT2D eigenvalue weighted by atomic mass is 19.1. The number of benzene rings is 1. The molecule has 5 nitrogen and oxygen atoms in total. The number of ether oxygens (including phenoxy) is 1. The molecule has 0 aliphatic heterocycles. The fraction of sp³-hybridized carbons (Fsp3) is 0.417. The van der Waals surface area contributed by atoms with Gasteiger partial charge in [0, 0.05) is 6.54 Å². The van der Waals surface area contributed by atoms with E-state index in [1.54, 1.807) is 13.0 Å². The Morgan fingerprint density at radius 2 is 2.28 bits per heavy atom. The first kappa shape index (κ1) is 14.2. The van der Waals surface area contributed by atoms with E-state index in [1.807, 2.05) is 0 Å². The highest BCUT2D eigenvalue weighted by molar-refractivity contribution is 5.74. The number of nitrogens with one attached hydrogen (secondary N) is 2. The number of urea groups is 1. The van der Waals surface area contributed by atoms with Crippen LogP contribution in [0.15, 0.2) is 18.2 Å². The van der Waals surface area contributed by atoms with E-state index in [0.717, 1.165) is 0 Å². The molecule has 1 atom stereocenters. The number of hydrogen-bond acceptors (Lipinski definition) is 3. The molecule has 3 N–H and O–H groups in total. The van der Waals surface area contributed by atoms with Crippen molar-refractivity contribution in [2.75, 3.05) is 20.3 Å². The molecule has 0 aliphatic rings. The average Bonchev–Trinajstić information content (AvgIpc) is 2.35. The second kappa shape index (κ2) is 6.80. The van der Waals surface area contributed by atoms with Crippen molar-refractivity contribution in [1.82, 2.24) is 10.6 Å². The van der Waals surface area contributed by atoms with Crippen LogP contribution < -0.4 is 15.4 Å². The minimum atomic E-state index is -0.542. The third kappa shape index (κ3) is 3.59. The van der Waals surface area contributed by atoms with Crippen LogP contribution in [0.2, 0.25) is 0 Å². The zero-order chi connectivity index (χ0) is 13.5. The maximum Gasteiger partial charge on any atom is 0.315 e. The van der Waals surface area contributed by atoms with E-state index in [9.17, 15) is 9.18 Å². The summed E-state index contributed by atoms with van der Waals surface area (Å²) in [6.07, 6.45) is 0. The summed E-state index contributed by atoms with van der Waals surface area (Å²) in [6.45, 7) is 1.65. The molecule has 0 spiro atoms. The van der Waals surface area contributed by atoms with Gasteiger partial charge < -0.3 is 20.5 Å². The van der Waals surface area contributed by atoms with Gasteiger partial charge in [-0.3, -0.25) is 0 Å². The Bertz CT molecular complexity index is 412. The lowest BCUT2D eigenvalue weighted by Gasteiger charge is -2.18. The van der Waals surface area contributed by atoms with Gasteiger partial charge in [0.2, 0.25) is 0 Å². The van der Waals surface area contributed by atoms with Gasteiger partial charge >= 0.3 is 6.03 Å². The Labute approximate surface area is 105 Å². The summed E-state index contributed by atoms with van der Waals surface area (Å²) in [6, 6.07) is 3.46. The van der Waals surface area contributed by atoms with Crippen molar-refractivity contribution < 1.29 is 19.0 Å². The topological polar surface area (TPSA) is 70.6 Å². The van der Waals surface area contributed by atoms with Crippen molar-refractivity contribution in [2.45, 2.75) is 13.0 Å². The van der Waals surface area contributed by atoms with E-state index in [4.69, 9.17) is 9.84 Å². The summed E-state index contributed by atoms with van der Waals surface area (Å²) in [4.78, 5) is 11.4. The van der Waals surface area contributed by atoms with Crippen molar-refractivity contribution in [2.24, 2.45) is 0 Å². The van der Waals surface area contributed by atoms with Crippen molar-refractivity contribution >= 4 is 6.03 Å². The Hall–Kier alpha value is -1.82. The van der Waals surface area contributed by atoms with Crippen molar-refractivity contribution in [3.8, 4) is 5.75 Å². The van der Waals surface area contributed by atoms with E-state index >= 15 is 0 Å². The van der Waals surface area contributed by atoms with Gasteiger partial charge in [-0.2, -0.15) is 0 Å². The monoisotopic (exact) mass is 256 g/mol. The van der Waals surface area contributed by atoms with Gasteiger partial charge in [0.05, 0.1) is 25.3 Å². The van der Waals surface area contributed by atoms with Crippen LogP contribution >= 0.6 is 0 Å². The van der Waals surface area contributed by atoms with Crippen LogP contribution in [0.1, 0.15) is 18.5 Å². The maximum absolute atomic E-state index is 13.7. The number of aliphatic hydroxyl groups excluding tert-OH is 1. The summed E-state index contributed by atoms with van der Waals surface area (Å²) in [5, 5.41) is 13.6. The largest absolute Gasteiger partial charge is 0.496 e. The van der Waals surface area contributed by atoms with Crippen molar-refractivity contribution in [3.63, 3.8) is 0 Å². The van der Waals surface area contributed by atoms with Crippen LogP contribution in [0.25, 0.3) is 0 Å². The number of hydrogen-bond donors (Lipinski definition) is 3. The third-order valence-electron chi connectivity index (χ3n) is 2.41. The molecule has 0 saturated carbocycles. The first-order chi connectivity index (χ1) is 8.60. The number of carbonyl (C=O) groups excluding carboxylic acids is 1. The molecule has 18 heavy (non-hydrogen) atoms. The van der Waals surface area contributed by atoms with Crippen LogP contribution in [0.5, 0.6) is 5.75 Å². The summed E-state index contributed by atoms with van der Waals surface area (Å²) in [7, 11) is 1.44. The number of carbonyl (C=O) groups is 1. The Balaban J connectivity index is 2.77. The predicted octanol–water partition coefficient (Wildman–Crippen LogP) is 1.19. The van der Waals surface area contributed by atoms with E-state index in [0.29, 0.717) is 11.3 Å². The molecule has 0 fully saturated rings. The number of rotatable bonds is 5. The Morgan fingerprint density at radius 3 is 2.89 bits per heavy atom. The molecule has 6 heteroatoms. The van der Waals surface area contributed by atoms with Crippen molar-refractivity contribution in [3.05, 3.63) is 29.6 Å². The number of amides is 2. The maximum atomic E-state index is 13.7. The summed E-state index contributed by atoms with van der Waals surface area (Å²) < 4.78 is 18.8. The molecular weight excluding hydrogens is 239 g/mol. The van der Waals surface area contributed by atoms with Gasteiger partial charge in [-0.15, -0.1) is 0 Å². The minimum absolute atomic E-state index is 0.146. The van der Waals surface area contributed by atoms with Gasteiger partial charge in [-0.25, -0.2) is 9.18 Å². The lowest BCUT2D eigenvalue weighted by molar-refractivity contribution is 0.231. The van der Waals surface area contributed by atoms with Crippen LogP contribution in [-0.2, 0) is 0 Å². The molecule has 0 saturated heterocycles. The van der Waals surface area contributed by atoms with Crippen molar-refractivity contribution in [1.29, 1.82) is 0 Å². The molecule has 0 aromatic heterocycles. The first-order valence-corrected chi connectivity index (χ1v) is 5.57. The second-order valence-electron chi connectivity index (χ2n) is 3.70. The fourth-order valence-electron chi connectivity index (χ4n) is 1.60. The average molecular weight is 256 g/mol. The molecular formula is C12H17FN2O3. The van der Waals surface area contributed by atoms with Crippen LogP contribution in [0, 0.1) is 5.82 Å². The van der Waals surface area contributed by atoms with Gasteiger partial charge in [0.25, 0.3) is 0 Å². The Kier molecular flexibility index (Phi) is 5.38. The number of halogens is 1. The van der Waals surface area contributed by atoms with E-state index in [1.165, 1.54) is 19.2 Å². The first-order valence-electron chi connectivity index (χ1n) is 5.57. The molecule has 100 valence electrons. The highest BCUT2D eigenvalue weighted by Gasteiger charge is 2.17. The number of aliphatic hydroxyl groups is 1. The molecule has 0 bridgehead atoms. The minimum Gasteiger partial charge on any atom is -0.496 e. The lowest BCUT2D eigenvalue weighted by Crippen LogP contribution is -2.38. The summed E-state index contributed by atoms with van der Waals surface area (Å²) in [5.74, 6) is -0.0609. The second-order valence-corrected chi connectivity index (χ2v) is 3.70. The molecule has 0 heterocycles.